The fraction of sp³-hybridized carbons (Fsp3) is 0.636. The van der Waals surface area contributed by atoms with Gasteiger partial charge in [-0.05, 0) is 22.6 Å². The summed E-state index contributed by atoms with van der Waals surface area (Å²) in [4.78, 5) is 10.9. The first kappa shape index (κ1) is 12.4. The molecule has 2 aliphatic rings. The Kier molecular flexibility index (Phi) is 3.53. The van der Waals surface area contributed by atoms with Crippen LogP contribution in [0.3, 0.4) is 0 Å². The number of nitrogens with zero attached hydrogens (tertiary/aromatic N) is 3. The summed E-state index contributed by atoms with van der Waals surface area (Å²) in [7, 11) is 1.58. The van der Waals surface area contributed by atoms with Crippen molar-refractivity contribution in [3.63, 3.8) is 0 Å². The lowest BCUT2D eigenvalue weighted by Gasteiger charge is -2.46. The summed E-state index contributed by atoms with van der Waals surface area (Å²) in [5, 5.41) is 0. The van der Waals surface area contributed by atoms with Gasteiger partial charge in [-0.3, -0.25) is 0 Å². The maximum Gasteiger partial charge on any atom is 0.319 e. The molecule has 7 heteroatoms. The van der Waals surface area contributed by atoms with E-state index in [0.717, 1.165) is 9.52 Å². The Labute approximate surface area is 119 Å². The molecule has 2 fully saturated rings. The van der Waals surface area contributed by atoms with Crippen molar-refractivity contribution in [1.29, 1.82) is 0 Å². The third-order valence-corrected chi connectivity index (χ3v) is 3.69. The van der Waals surface area contributed by atoms with Crippen molar-refractivity contribution in [3.8, 4) is 6.01 Å². The zero-order valence-electron chi connectivity index (χ0n) is 10.0. The molecule has 0 unspecified atom stereocenters. The Bertz CT molecular complexity index is 424. The number of halogens is 1. The largest absolute Gasteiger partial charge is 0.467 e. The fourth-order valence-corrected chi connectivity index (χ4v) is 2.86. The highest BCUT2D eigenvalue weighted by atomic mass is 127. The van der Waals surface area contributed by atoms with E-state index in [2.05, 4.69) is 37.5 Å². The minimum absolute atomic E-state index is 0.230. The third kappa shape index (κ3) is 2.26. The summed E-state index contributed by atoms with van der Waals surface area (Å²) in [5.74, 6) is 0.896. The van der Waals surface area contributed by atoms with E-state index >= 15 is 0 Å². The molecule has 18 heavy (non-hydrogen) atoms. The first-order chi connectivity index (χ1) is 8.78. The molecule has 3 rings (SSSR count). The maximum atomic E-state index is 5.58. The van der Waals surface area contributed by atoms with Crippen molar-refractivity contribution >= 4 is 28.4 Å². The molecule has 2 bridgehead atoms. The second kappa shape index (κ2) is 5.14. The van der Waals surface area contributed by atoms with E-state index in [4.69, 9.17) is 14.2 Å². The van der Waals surface area contributed by atoms with Crippen LogP contribution in [0.2, 0.25) is 0 Å². The van der Waals surface area contributed by atoms with Crippen LogP contribution < -0.4 is 9.64 Å². The topological polar surface area (TPSA) is 56.7 Å². The SMILES string of the molecule is COc1nc(I)cc(N2C3COCC2COC3)n1. The molecule has 98 valence electrons. The molecule has 1 aromatic rings. The minimum atomic E-state index is 0.230. The predicted octanol–water partition coefficient (Wildman–Crippen LogP) is 0.694. The molecule has 0 atom stereocenters. The van der Waals surface area contributed by atoms with Gasteiger partial charge in [0.05, 0.1) is 45.6 Å². The lowest BCUT2D eigenvalue weighted by molar-refractivity contribution is -0.0351. The highest BCUT2D eigenvalue weighted by Crippen LogP contribution is 2.27. The molecule has 0 aliphatic carbocycles. The molecular weight excluding hydrogens is 349 g/mol. The van der Waals surface area contributed by atoms with Gasteiger partial charge >= 0.3 is 6.01 Å². The van der Waals surface area contributed by atoms with E-state index in [-0.39, 0.29) is 12.1 Å². The van der Waals surface area contributed by atoms with Crippen molar-refractivity contribution in [3.05, 3.63) is 9.77 Å². The van der Waals surface area contributed by atoms with Crippen LogP contribution in [-0.2, 0) is 9.47 Å². The van der Waals surface area contributed by atoms with Crippen molar-refractivity contribution in [1.82, 2.24) is 9.97 Å². The van der Waals surface area contributed by atoms with Crippen LogP contribution in [0.25, 0.3) is 0 Å². The van der Waals surface area contributed by atoms with Crippen LogP contribution in [0.15, 0.2) is 6.07 Å². The number of ether oxygens (including phenoxy) is 3. The molecule has 2 saturated heterocycles. The number of fused-ring (bicyclic) bond motifs is 2. The number of methoxy groups -OCH3 is 1. The van der Waals surface area contributed by atoms with E-state index in [9.17, 15) is 0 Å². The zero-order chi connectivity index (χ0) is 12.5. The van der Waals surface area contributed by atoms with Crippen molar-refractivity contribution in [2.75, 3.05) is 38.4 Å². The van der Waals surface area contributed by atoms with Crippen molar-refractivity contribution in [2.45, 2.75) is 12.1 Å². The highest BCUT2D eigenvalue weighted by molar-refractivity contribution is 14.1. The average molecular weight is 363 g/mol. The maximum absolute atomic E-state index is 5.58. The van der Waals surface area contributed by atoms with Crippen LogP contribution in [0, 0.1) is 3.70 Å². The molecule has 0 aromatic carbocycles. The number of anilines is 1. The molecule has 6 nitrogen and oxygen atoms in total. The Morgan fingerprint density at radius 2 is 1.83 bits per heavy atom. The van der Waals surface area contributed by atoms with Gasteiger partial charge in [0.25, 0.3) is 0 Å². The van der Waals surface area contributed by atoms with Gasteiger partial charge in [0, 0.05) is 6.07 Å². The van der Waals surface area contributed by atoms with Gasteiger partial charge in [0.1, 0.15) is 9.52 Å². The van der Waals surface area contributed by atoms with Crippen LogP contribution >= 0.6 is 22.6 Å². The molecule has 0 N–H and O–H groups in total. The molecular formula is C11H14IN3O3. The van der Waals surface area contributed by atoms with Crippen molar-refractivity contribution < 1.29 is 14.2 Å². The summed E-state index contributed by atoms with van der Waals surface area (Å²) in [5.41, 5.74) is 0. The molecule has 3 heterocycles. The fourth-order valence-electron chi connectivity index (χ4n) is 2.38. The summed E-state index contributed by atoms with van der Waals surface area (Å²) in [6, 6.07) is 2.84. The van der Waals surface area contributed by atoms with Crippen LogP contribution in [0.1, 0.15) is 0 Å². The number of morpholine rings is 2. The summed E-state index contributed by atoms with van der Waals surface area (Å²) < 4.78 is 17.2. The van der Waals surface area contributed by atoms with E-state index in [1.165, 1.54) is 0 Å². The van der Waals surface area contributed by atoms with E-state index in [1.54, 1.807) is 7.11 Å². The molecule has 0 radical (unpaired) electrons. The first-order valence-electron chi connectivity index (χ1n) is 5.80. The molecule has 2 aliphatic heterocycles. The smallest absolute Gasteiger partial charge is 0.319 e. The van der Waals surface area contributed by atoms with Gasteiger partial charge in [-0.1, -0.05) is 0 Å². The summed E-state index contributed by atoms with van der Waals surface area (Å²) in [6.45, 7) is 2.72. The standard InChI is InChI=1S/C11H14IN3O3/c1-16-11-13-9(12)2-10(14-11)15-7-3-17-5-8(15)6-18-4-7/h2,7-8H,3-6H2,1H3. The van der Waals surface area contributed by atoms with Gasteiger partial charge in [-0.15, -0.1) is 0 Å². The number of hydrogen-bond donors (Lipinski definition) is 0. The first-order valence-corrected chi connectivity index (χ1v) is 6.88. The van der Waals surface area contributed by atoms with E-state index in [1.807, 2.05) is 6.07 Å². The van der Waals surface area contributed by atoms with Gasteiger partial charge in [0.15, 0.2) is 0 Å². The predicted molar refractivity (Wildman–Crippen MR) is 73.0 cm³/mol. The molecule has 0 saturated carbocycles. The van der Waals surface area contributed by atoms with Gasteiger partial charge in [-0.2, -0.15) is 9.97 Å². The van der Waals surface area contributed by atoms with Crippen LogP contribution in [0.5, 0.6) is 6.01 Å². The van der Waals surface area contributed by atoms with Gasteiger partial charge in [0.2, 0.25) is 0 Å². The Hall–Kier alpha value is -0.670. The Morgan fingerprint density at radius 3 is 2.39 bits per heavy atom. The van der Waals surface area contributed by atoms with Crippen LogP contribution in [0.4, 0.5) is 5.82 Å². The summed E-state index contributed by atoms with van der Waals surface area (Å²) in [6.07, 6.45) is 0. The monoisotopic (exact) mass is 363 g/mol. The summed E-state index contributed by atoms with van der Waals surface area (Å²) >= 11 is 2.17. The lowest BCUT2D eigenvalue weighted by Crippen LogP contribution is -2.60. The number of rotatable bonds is 2. The average Bonchev–Trinajstić information content (AvgIpc) is 2.37. The Morgan fingerprint density at radius 1 is 1.22 bits per heavy atom. The number of hydrogen-bond acceptors (Lipinski definition) is 6. The number of aromatic nitrogens is 2. The second-order valence-electron chi connectivity index (χ2n) is 4.33. The van der Waals surface area contributed by atoms with Gasteiger partial charge < -0.3 is 19.1 Å². The van der Waals surface area contributed by atoms with E-state index in [0.29, 0.717) is 32.4 Å². The zero-order valence-corrected chi connectivity index (χ0v) is 12.2. The minimum Gasteiger partial charge on any atom is -0.467 e. The molecule has 0 spiro atoms. The second-order valence-corrected chi connectivity index (χ2v) is 5.43. The van der Waals surface area contributed by atoms with Gasteiger partial charge in [-0.25, -0.2) is 0 Å². The normalized spacial score (nSPS) is 27.1. The highest BCUT2D eigenvalue weighted by Gasteiger charge is 2.36. The third-order valence-electron chi connectivity index (χ3n) is 3.14. The van der Waals surface area contributed by atoms with Crippen molar-refractivity contribution in [2.24, 2.45) is 0 Å². The Balaban J connectivity index is 1.95. The lowest BCUT2D eigenvalue weighted by atomic mass is 10.1. The molecule has 1 aromatic heterocycles. The van der Waals surface area contributed by atoms with Crippen LogP contribution in [-0.4, -0.2) is 55.6 Å². The molecule has 0 amide bonds. The van der Waals surface area contributed by atoms with E-state index < -0.39 is 0 Å². The quantitative estimate of drug-likeness (QED) is 0.570.